The van der Waals surface area contributed by atoms with Gasteiger partial charge in [0.15, 0.2) is 0 Å². The van der Waals surface area contributed by atoms with Gasteiger partial charge in [-0.1, -0.05) is 50.2 Å². The Morgan fingerprint density at radius 3 is 1.94 bits per heavy atom. The zero-order valence-corrected chi connectivity index (χ0v) is 10.5. The maximum Gasteiger partial charge on any atom is 0.123 e. The van der Waals surface area contributed by atoms with Crippen LogP contribution in [-0.2, 0) is 0 Å². The van der Waals surface area contributed by atoms with E-state index in [0.717, 1.165) is 10.8 Å². The van der Waals surface area contributed by atoms with E-state index in [9.17, 15) is 5.11 Å². The standard InChI is InChI=1S/C10H8O.C2H7N.C2H6/c11-10-7-3-5-8-4-1-2-6-9(8)10;1-3-2;1-2/h1-7,11H;3H,1-2H3;1-2H3. The number of hydrogen-bond donors (Lipinski definition) is 2. The van der Waals surface area contributed by atoms with E-state index in [4.69, 9.17) is 0 Å². The van der Waals surface area contributed by atoms with Crippen molar-refractivity contribution in [1.29, 1.82) is 0 Å². The van der Waals surface area contributed by atoms with Gasteiger partial charge in [0.25, 0.3) is 0 Å². The van der Waals surface area contributed by atoms with Crippen LogP contribution in [0.1, 0.15) is 13.8 Å². The van der Waals surface area contributed by atoms with Gasteiger partial charge in [0.2, 0.25) is 0 Å². The van der Waals surface area contributed by atoms with Crippen LogP contribution in [0.2, 0.25) is 0 Å². The number of phenols is 1. The van der Waals surface area contributed by atoms with E-state index in [0.29, 0.717) is 5.75 Å². The summed E-state index contributed by atoms with van der Waals surface area (Å²) in [7, 11) is 3.75. The van der Waals surface area contributed by atoms with Crippen LogP contribution in [0.3, 0.4) is 0 Å². The lowest BCUT2D eigenvalue weighted by atomic mass is 10.1. The normalized spacial score (nSPS) is 8.50. The molecule has 0 radical (unpaired) electrons. The third-order valence-electron chi connectivity index (χ3n) is 1.77. The molecule has 0 aliphatic carbocycles. The second-order valence-electron chi connectivity index (χ2n) is 3.00. The highest BCUT2D eigenvalue weighted by atomic mass is 16.3. The highest BCUT2D eigenvalue weighted by Crippen LogP contribution is 2.22. The van der Waals surface area contributed by atoms with E-state index in [1.165, 1.54) is 0 Å². The van der Waals surface area contributed by atoms with E-state index >= 15 is 0 Å². The van der Waals surface area contributed by atoms with Crippen molar-refractivity contribution < 1.29 is 5.11 Å². The smallest absolute Gasteiger partial charge is 0.123 e. The molecule has 0 aliphatic rings. The molecule has 0 fully saturated rings. The largest absolute Gasteiger partial charge is 0.507 e. The topological polar surface area (TPSA) is 32.3 Å². The molecule has 0 saturated heterocycles. The lowest BCUT2D eigenvalue weighted by Gasteiger charge is -1.97. The van der Waals surface area contributed by atoms with Crippen LogP contribution in [0.15, 0.2) is 42.5 Å². The Balaban J connectivity index is 0.000000394. The average Bonchev–Trinajstić information content (AvgIpc) is 2.33. The van der Waals surface area contributed by atoms with Gasteiger partial charge in [-0.25, -0.2) is 0 Å². The van der Waals surface area contributed by atoms with E-state index < -0.39 is 0 Å². The molecule has 2 N–H and O–H groups in total. The summed E-state index contributed by atoms with van der Waals surface area (Å²) in [6.45, 7) is 4.00. The van der Waals surface area contributed by atoms with E-state index in [1.54, 1.807) is 6.07 Å². The van der Waals surface area contributed by atoms with Crippen molar-refractivity contribution in [2.75, 3.05) is 14.1 Å². The number of aromatic hydroxyl groups is 1. The first-order chi connectivity index (χ1) is 7.79. The van der Waals surface area contributed by atoms with Crippen LogP contribution in [-0.4, -0.2) is 19.2 Å². The van der Waals surface area contributed by atoms with Gasteiger partial charge in [-0.3, -0.25) is 0 Å². The molecule has 0 spiro atoms. The quantitative estimate of drug-likeness (QED) is 0.711. The van der Waals surface area contributed by atoms with Crippen molar-refractivity contribution in [2.45, 2.75) is 13.8 Å². The molecule has 2 rings (SSSR count). The van der Waals surface area contributed by atoms with Crippen LogP contribution in [0.25, 0.3) is 10.8 Å². The van der Waals surface area contributed by atoms with Crippen molar-refractivity contribution in [3.8, 4) is 5.75 Å². The number of hydrogen-bond acceptors (Lipinski definition) is 2. The first-order valence-electron chi connectivity index (χ1n) is 5.54. The molecule has 2 nitrogen and oxygen atoms in total. The van der Waals surface area contributed by atoms with Crippen LogP contribution in [0.5, 0.6) is 5.75 Å². The minimum atomic E-state index is 0.350. The molecule has 0 aromatic heterocycles. The fourth-order valence-electron chi connectivity index (χ4n) is 1.21. The maximum atomic E-state index is 9.37. The Morgan fingerprint density at radius 1 is 0.875 bits per heavy atom. The van der Waals surface area contributed by atoms with Gasteiger partial charge in [-0.05, 0) is 25.5 Å². The van der Waals surface area contributed by atoms with Gasteiger partial charge in [-0.2, -0.15) is 0 Å². The van der Waals surface area contributed by atoms with Crippen LogP contribution < -0.4 is 5.32 Å². The molecule has 0 aliphatic heterocycles. The minimum absolute atomic E-state index is 0.350. The molecule has 0 atom stereocenters. The molecule has 2 heteroatoms. The van der Waals surface area contributed by atoms with Gasteiger partial charge in [-0.15, -0.1) is 0 Å². The Labute approximate surface area is 97.9 Å². The zero-order chi connectivity index (χ0) is 12.4. The van der Waals surface area contributed by atoms with E-state index in [1.807, 2.05) is 64.3 Å². The predicted octanol–water partition coefficient (Wildman–Crippen LogP) is 3.41. The molecule has 16 heavy (non-hydrogen) atoms. The average molecular weight is 219 g/mol. The van der Waals surface area contributed by atoms with Gasteiger partial charge in [0, 0.05) is 5.39 Å². The monoisotopic (exact) mass is 219 g/mol. The first-order valence-corrected chi connectivity index (χ1v) is 5.54. The van der Waals surface area contributed by atoms with Gasteiger partial charge in [0.1, 0.15) is 5.75 Å². The number of fused-ring (bicyclic) bond motifs is 1. The Hall–Kier alpha value is -1.54. The van der Waals surface area contributed by atoms with Gasteiger partial charge >= 0.3 is 0 Å². The minimum Gasteiger partial charge on any atom is -0.507 e. The molecule has 2 aromatic rings. The third kappa shape index (κ3) is 4.32. The lowest BCUT2D eigenvalue weighted by Crippen LogP contribution is -1.89. The molecular formula is C14H21NO. The number of benzene rings is 2. The van der Waals surface area contributed by atoms with E-state index in [2.05, 4.69) is 5.32 Å². The lowest BCUT2D eigenvalue weighted by molar-refractivity contribution is 0.481. The maximum absolute atomic E-state index is 9.37. The van der Waals surface area contributed by atoms with Gasteiger partial charge in [0.05, 0.1) is 0 Å². The second-order valence-corrected chi connectivity index (χ2v) is 3.00. The van der Waals surface area contributed by atoms with Crippen molar-refractivity contribution >= 4 is 10.8 Å². The fraction of sp³-hybridized carbons (Fsp3) is 0.286. The Bertz CT molecular complexity index is 393. The molecule has 2 aromatic carbocycles. The summed E-state index contributed by atoms with van der Waals surface area (Å²) in [4.78, 5) is 0. The molecule has 0 amide bonds. The fourth-order valence-corrected chi connectivity index (χ4v) is 1.21. The summed E-state index contributed by atoms with van der Waals surface area (Å²) in [5, 5.41) is 14.1. The molecule has 88 valence electrons. The summed E-state index contributed by atoms with van der Waals surface area (Å²) in [5.41, 5.74) is 0. The Morgan fingerprint density at radius 2 is 1.38 bits per heavy atom. The predicted molar refractivity (Wildman–Crippen MR) is 71.9 cm³/mol. The highest BCUT2D eigenvalue weighted by molar-refractivity contribution is 5.87. The molecule has 0 bridgehead atoms. The van der Waals surface area contributed by atoms with Crippen LogP contribution in [0.4, 0.5) is 0 Å². The highest BCUT2D eigenvalue weighted by Gasteiger charge is 1.94. The number of nitrogens with one attached hydrogen (secondary N) is 1. The van der Waals surface area contributed by atoms with Crippen molar-refractivity contribution in [3.63, 3.8) is 0 Å². The summed E-state index contributed by atoms with van der Waals surface area (Å²) < 4.78 is 0. The first kappa shape index (κ1) is 14.5. The Kier molecular flexibility index (Phi) is 7.90. The number of rotatable bonds is 0. The van der Waals surface area contributed by atoms with Crippen molar-refractivity contribution in [2.24, 2.45) is 0 Å². The summed E-state index contributed by atoms with van der Waals surface area (Å²) in [6.07, 6.45) is 0. The molecule has 0 unspecified atom stereocenters. The van der Waals surface area contributed by atoms with Crippen molar-refractivity contribution in [3.05, 3.63) is 42.5 Å². The third-order valence-corrected chi connectivity index (χ3v) is 1.77. The zero-order valence-electron chi connectivity index (χ0n) is 10.5. The summed E-state index contributed by atoms with van der Waals surface area (Å²) >= 11 is 0. The van der Waals surface area contributed by atoms with E-state index in [-0.39, 0.29) is 0 Å². The van der Waals surface area contributed by atoms with Crippen LogP contribution >= 0.6 is 0 Å². The second kappa shape index (κ2) is 8.74. The van der Waals surface area contributed by atoms with Gasteiger partial charge < -0.3 is 10.4 Å². The molecule has 0 heterocycles. The van der Waals surface area contributed by atoms with Crippen molar-refractivity contribution in [1.82, 2.24) is 5.32 Å². The SMILES string of the molecule is CC.CNC.Oc1cccc2ccccc12. The summed E-state index contributed by atoms with van der Waals surface area (Å²) in [6, 6.07) is 13.3. The summed E-state index contributed by atoms with van der Waals surface area (Å²) in [5.74, 6) is 0.350. The van der Waals surface area contributed by atoms with Crippen LogP contribution in [0, 0.1) is 0 Å². The molecule has 0 saturated carbocycles. The number of phenolic OH excluding ortho intramolecular Hbond substituents is 1. The molecular weight excluding hydrogens is 198 g/mol.